The highest BCUT2D eigenvalue weighted by Crippen LogP contribution is 2.24. The fourth-order valence-electron chi connectivity index (χ4n) is 1.63. The molecular weight excluding hydrogens is 213 g/mol. The summed E-state index contributed by atoms with van der Waals surface area (Å²) >= 11 is 0. The maximum Gasteiger partial charge on any atom is 0.471 e. The maximum absolute atomic E-state index is 12.1. The Labute approximate surface area is 84.2 Å². The van der Waals surface area contributed by atoms with Gasteiger partial charge >= 0.3 is 12.1 Å². The second kappa shape index (κ2) is 4.08. The first-order valence-electron chi connectivity index (χ1n) is 4.51. The molecule has 1 aliphatic heterocycles. The van der Waals surface area contributed by atoms with Gasteiger partial charge in [-0.15, -0.1) is 0 Å². The highest BCUT2D eigenvalue weighted by molar-refractivity contribution is 5.89. The van der Waals surface area contributed by atoms with Gasteiger partial charge in [0, 0.05) is 6.54 Å². The van der Waals surface area contributed by atoms with Gasteiger partial charge in [-0.05, 0) is 19.3 Å². The largest absolute Gasteiger partial charge is 0.471 e. The lowest BCUT2D eigenvalue weighted by Gasteiger charge is -2.33. The van der Waals surface area contributed by atoms with E-state index in [0.717, 1.165) is 0 Å². The number of hydrogen-bond acceptors (Lipinski definition) is 2. The summed E-state index contributed by atoms with van der Waals surface area (Å²) in [5.74, 6) is -2.86. The van der Waals surface area contributed by atoms with Gasteiger partial charge in [-0.2, -0.15) is 13.2 Å². The number of carbonyl (C=O) groups is 2. The molecule has 0 spiro atoms. The fourth-order valence-corrected chi connectivity index (χ4v) is 1.63. The molecule has 2 amide bonds. The summed E-state index contributed by atoms with van der Waals surface area (Å²) in [6.07, 6.45) is -3.66. The Morgan fingerprint density at radius 1 is 1.27 bits per heavy atom. The molecule has 4 nitrogen and oxygen atoms in total. The van der Waals surface area contributed by atoms with Crippen LogP contribution in [0.5, 0.6) is 0 Å². The number of amides is 2. The minimum atomic E-state index is -4.94. The molecule has 1 rings (SSSR count). The van der Waals surface area contributed by atoms with Crippen LogP contribution in [0.1, 0.15) is 19.3 Å². The van der Waals surface area contributed by atoms with Crippen molar-refractivity contribution in [3.05, 3.63) is 0 Å². The smallest absolute Gasteiger partial charge is 0.368 e. The van der Waals surface area contributed by atoms with Gasteiger partial charge in [-0.1, -0.05) is 0 Å². The summed E-state index contributed by atoms with van der Waals surface area (Å²) in [7, 11) is 0. The molecule has 15 heavy (non-hydrogen) atoms. The van der Waals surface area contributed by atoms with Crippen molar-refractivity contribution in [1.29, 1.82) is 0 Å². The Bertz CT molecular complexity index is 278. The first-order chi connectivity index (χ1) is 6.84. The first kappa shape index (κ1) is 11.8. The number of nitrogens with two attached hydrogens (primary N) is 1. The second-order valence-corrected chi connectivity index (χ2v) is 3.41. The molecule has 1 saturated heterocycles. The predicted molar refractivity (Wildman–Crippen MR) is 44.6 cm³/mol. The molecule has 1 aliphatic rings. The first-order valence-corrected chi connectivity index (χ1v) is 4.51. The molecule has 0 aromatic heterocycles. The molecule has 0 aromatic rings. The number of alkyl halides is 3. The highest BCUT2D eigenvalue weighted by atomic mass is 19.4. The number of nitrogens with zero attached hydrogens (tertiary/aromatic N) is 1. The van der Waals surface area contributed by atoms with E-state index in [1.165, 1.54) is 0 Å². The van der Waals surface area contributed by atoms with Crippen LogP contribution in [0, 0.1) is 0 Å². The van der Waals surface area contributed by atoms with E-state index in [1.807, 2.05) is 0 Å². The monoisotopic (exact) mass is 224 g/mol. The van der Waals surface area contributed by atoms with Crippen LogP contribution in [0.4, 0.5) is 13.2 Å². The third-order valence-electron chi connectivity index (χ3n) is 2.33. The van der Waals surface area contributed by atoms with Crippen molar-refractivity contribution in [2.24, 2.45) is 5.73 Å². The maximum atomic E-state index is 12.1. The van der Waals surface area contributed by atoms with Crippen molar-refractivity contribution >= 4 is 11.8 Å². The van der Waals surface area contributed by atoms with E-state index in [4.69, 9.17) is 5.73 Å². The molecule has 0 aromatic carbocycles. The van der Waals surface area contributed by atoms with Crippen LogP contribution in [-0.2, 0) is 9.59 Å². The molecule has 1 atom stereocenters. The molecule has 7 heteroatoms. The van der Waals surface area contributed by atoms with Crippen molar-refractivity contribution in [3.8, 4) is 0 Å². The molecule has 2 N–H and O–H groups in total. The average molecular weight is 224 g/mol. The van der Waals surface area contributed by atoms with E-state index in [9.17, 15) is 22.8 Å². The van der Waals surface area contributed by atoms with Gasteiger partial charge in [0.25, 0.3) is 0 Å². The summed E-state index contributed by atoms with van der Waals surface area (Å²) < 4.78 is 36.4. The lowest BCUT2D eigenvalue weighted by Crippen LogP contribution is -2.54. The summed E-state index contributed by atoms with van der Waals surface area (Å²) in [6.45, 7) is -0.0635. The fraction of sp³-hybridized carbons (Fsp3) is 0.750. The van der Waals surface area contributed by atoms with Gasteiger partial charge in [-0.25, -0.2) is 0 Å². The Kier molecular flexibility index (Phi) is 3.21. The van der Waals surface area contributed by atoms with Gasteiger partial charge in [0.2, 0.25) is 5.91 Å². The zero-order valence-electron chi connectivity index (χ0n) is 7.88. The molecule has 0 bridgehead atoms. The van der Waals surface area contributed by atoms with Crippen molar-refractivity contribution in [2.75, 3.05) is 6.54 Å². The van der Waals surface area contributed by atoms with E-state index >= 15 is 0 Å². The minimum absolute atomic E-state index is 0.0635. The molecule has 1 heterocycles. The molecule has 0 radical (unpaired) electrons. The third-order valence-corrected chi connectivity index (χ3v) is 2.33. The normalized spacial score (nSPS) is 22.6. The van der Waals surface area contributed by atoms with Crippen LogP contribution in [0.15, 0.2) is 0 Å². The standard InChI is InChI=1S/C8H11F3N2O2/c9-8(10,11)7(15)13-4-2-1-3-5(13)6(12)14/h5H,1-4H2,(H2,12,14). The van der Waals surface area contributed by atoms with Crippen molar-refractivity contribution in [1.82, 2.24) is 4.90 Å². The van der Waals surface area contributed by atoms with E-state index in [2.05, 4.69) is 0 Å². The van der Waals surface area contributed by atoms with E-state index in [-0.39, 0.29) is 13.0 Å². The summed E-state index contributed by atoms with van der Waals surface area (Å²) in [4.78, 5) is 22.3. The van der Waals surface area contributed by atoms with Crippen molar-refractivity contribution < 1.29 is 22.8 Å². The van der Waals surface area contributed by atoms with Crippen LogP contribution in [0.2, 0.25) is 0 Å². The Morgan fingerprint density at radius 2 is 1.87 bits per heavy atom. The highest BCUT2D eigenvalue weighted by Gasteiger charge is 2.46. The third kappa shape index (κ3) is 2.60. The molecule has 0 aliphatic carbocycles. The number of primary amides is 1. The summed E-state index contributed by atoms with van der Waals surface area (Å²) in [5, 5.41) is 0. The average Bonchev–Trinajstić information content (AvgIpc) is 2.15. The number of hydrogen-bond donors (Lipinski definition) is 1. The number of likely N-dealkylation sites (tertiary alicyclic amines) is 1. The van der Waals surface area contributed by atoms with Crippen molar-refractivity contribution in [3.63, 3.8) is 0 Å². The second-order valence-electron chi connectivity index (χ2n) is 3.41. The quantitative estimate of drug-likeness (QED) is 0.701. The number of halogens is 3. The Hall–Kier alpha value is -1.27. The van der Waals surface area contributed by atoms with Gasteiger partial charge in [0.1, 0.15) is 6.04 Å². The zero-order valence-corrected chi connectivity index (χ0v) is 7.88. The molecule has 0 saturated carbocycles. The lowest BCUT2D eigenvalue weighted by atomic mass is 10.0. The topological polar surface area (TPSA) is 63.4 Å². The van der Waals surface area contributed by atoms with E-state index in [1.54, 1.807) is 0 Å². The SMILES string of the molecule is NC(=O)C1CCCCN1C(=O)C(F)(F)F. The Morgan fingerprint density at radius 3 is 2.33 bits per heavy atom. The zero-order chi connectivity index (χ0) is 11.6. The van der Waals surface area contributed by atoms with Crippen LogP contribution in [-0.4, -0.2) is 35.5 Å². The summed E-state index contributed by atoms with van der Waals surface area (Å²) in [5.41, 5.74) is 4.94. The van der Waals surface area contributed by atoms with Crippen LogP contribution in [0.25, 0.3) is 0 Å². The lowest BCUT2D eigenvalue weighted by molar-refractivity contribution is -0.189. The van der Waals surface area contributed by atoms with Crippen LogP contribution >= 0.6 is 0 Å². The Balaban J connectivity index is 2.81. The molecule has 1 unspecified atom stereocenters. The van der Waals surface area contributed by atoms with Gasteiger partial charge in [0.15, 0.2) is 0 Å². The van der Waals surface area contributed by atoms with Crippen LogP contribution < -0.4 is 5.73 Å². The summed E-state index contributed by atoms with van der Waals surface area (Å²) in [6, 6.07) is -1.12. The molecular formula is C8H11F3N2O2. The molecule has 86 valence electrons. The van der Waals surface area contributed by atoms with Gasteiger partial charge in [-0.3, -0.25) is 9.59 Å². The van der Waals surface area contributed by atoms with Gasteiger partial charge < -0.3 is 10.6 Å². The van der Waals surface area contributed by atoms with Gasteiger partial charge in [0.05, 0.1) is 0 Å². The van der Waals surface area contributed by atoms with E-state index < -0.39 is 24.0 Å². The number of carbonyl (C=O) groups excluding carboxylic acids is 2. The predicted octanol–water partition coefficient (Wildman–Crippen LogP) is 0.415. The van der Waals surface area contributed by atoms with Crippen molar-refractivity contribution in [2.45, 2.75) is 31.5 Å². The molecule has 1 fully saturated rings. The number of piperidine rings is 1. The number of rotatable bonds is 1. The van der Waals surface area contributed by atoms with E-state index in [0.29, 0.717) is 17.7 Å². The van der Waals surface area contributed by atoms with Crippen LogP contribution in [0.3, 0.4) is 0 Å². The minimum Gasteiger partial charge on any atom is -0.368 e.